The number of Topliss-reactive ketones (excluding diaryl/α,β-unsaturated/α-hetero) is 1. The number of carbonyl (C=O) groups excluding carboxylic acids is 2. The highest BCUT2D eigenvalue weighted by Gasteiger charge is 2.24. The molecule has 0 saturated carbocycles. The number of allylic oxidation sites excluding steroid dienone is 1. The van der Waals surface area contributed by atoms with E-state index in [-0.39, 0.29) is 11.3 Å². The van der Waals surface area contributed by atoms with E-state index in [4.69, 9.17) is 0 Å². The van der Waals surface area contributed by atoms with Crippen LogP contribution in [-0.4, -0.2) is 16.7 Å². The fraction of sp³-hybridized carbons (Fsp3) is 0. The molecule has 15 heavy (non-hydrogen) atoms. The topological polar surface area (TPSA) is 106 Å². The third-order valence-corrected chi connectivity index (χ3v) is 1.94. The molecule has 5 heteroatoms. The molecular formula is C10H10N2O3. The standard InChI is InChI=1S/C10H6O3.H4N2/c11-8-5-9(12)10(13)7-4-2-1-3-6(7)8;1-2/h1-5,11H;1-2H2. The van der Waals surface area contributed by atoms with Crippen LogP contribution in [0.4, 0.5) is 0 Å². The maximum absolute atomic E-state index is 11.3. The van der Waals surface area contributed by atoms with Crippen molar-refractivity contribution < 1.29 is 14.7 Å². The van der Waals surface area contributed by atoms with Gasteiger partial charge in [0.05, 0.1) is 0 Å². The Hall–Kier alpha value is -1.98. The Labute approximate surface area is 86.0 Å². The van der Waals surface area contributed by atoms with Crippen molar-refractivity contribution in [2.24, 2.45) is 11.7 Å². The monoisotopic (exact) mass is 206 g/mol. The Balaban J connectivity index is 0.000000531. The van der Waals surface area contributed by atoms with Crippen LogP contribution in [0, 0.1) is 0 Å². The molecule has 0 bridgehead atoms. The first-order valence-electron chi connectivity index (χ1n) is 4.12. The van der Waals surface area contributed by atoms with E-state index in [9.17, 15) is 14.7 Å². The zero-order chi connectivity index (χ0) is 11.4. The Morgan fingerprint density at radius 3 is 2.13 bits per heavy atom. The van der Waals surface area contributed by atoms with Crippen molar-refractivity contribution >= 4 is 17.3 Å². The predicted molar refractivity (Wildman–Crippen MR) is 54.8 cm³/mol. The number of hydrogen-bond acceptors (Lipinski definition) is 5. The Kier molecular flexibility index (Phi) is 3.33. The van der Waals surface area contributed by atoms with E-state index in [1.54, 1.807) is 18.2 Å². The van der Waals surface area contributed by atoms with Crippen LogP contribution in [0.5, 0.6) is 0 Å². The Morgan fingerprint density at radius 2 is 1.53 bits per heavy atom. The maximum Gasteiger partial charge on any atom is 0.233 e. The third-order valence-electron chi connectivity index (χ3n) is 1.94. The van der Waals surface area contributed by atoms with Crippen molar-refractivity contribution in [1.29, 1.82) is 0 Å². The lowest BCUT2D eigenvalue weighted by Gasteiger charge is -2.10. The first-order chi connectivity index (χ1) is 7.20. The molecule has 1 aliphatic rings. The van der Waals surface area contributed by atoms with Gasteiger partial charge in [-0.15, -0.1) is 0 Å². The summed E-state index contributed by atoms with van der Waals surface area (Å²) in [6.45, 7) is 0. The van der Waals surface area contributed by atoms with Crippen LogP contribution in [0.3, 0.4) is 0 Å². The largest absolute Gasteiger partial charge is 0.507 e. The van der Waals surface area contributed by atoms with Crippen LogP contribution in [0.25, 0.3) is 5.76 Å². The molecule has 0 aromatic heterocycles. The number of carbonyl (C=O) groups is 2. The van der Waals surface area contributed by atoms with Gasteiger partial charge < -0.3 is 5.11 Å². The molecule has 0 unspecified atom stereocenters. The molecule has 0 fully saturated rings. The second-order valence-electron chi connectivity index (χ2n) is 2.77. The molecule has 0 aliphatic heterocycles. The van der Waals surface area contributed by atoms with Crippen LogP contribution >= 0.6 is 0 Å². The summed E-state index contributed by atoms with van der Waals surface area (Å²) < 4.78 is 0. The number of aliphatic hydroxyl groups excluding tert-OH is 1. The van der Waals surface area contributed by atoms with Crippen molar-refractivity contribution in [3.63, 3.8) is 0 Å². The highest BCUT2D eigenvalue weighted by Crippen LogP contribution is 2.22. The van der Waals surface area contributed by atoms with Crippen molar-refractivity contribution in [2.75, 3.05) is 0 Å². The Bertz CT molecular complexity index is 438. The number of ketones is 2. The highest BCUT2D eigenvalue weighted by molar-refractivity contribution is 6.50. The summed E-state index contributed by atoms with van der Waals surface area (Å²) in [7, 11) is 0. The molecule has 78 valence electrons. The molecule has 0 atom stereocenters. The summed E-state index contributed by atoms with van der Waals surface area (Å²) in [6.07, 6.45) is 0.949. The van der Waals surface area contributed by atoms with Crippen LogP contribution in [-0.2, 0) is 4.79 Å². The lowest BCUT2D eigenvalue weighted by Crippen LogP contribution is -2.18. The number of nitrogens with two attached hydrogens (primary N) is 2. The minimum absolute atomic E-state index is 0.139. The summed E-state index contributed by atoms with van der Waals surface area (Å²) in [5.74, 6) is 6.63. The molecule has 5 N–H and O–H groups in total. The highest BCUT2D eigenvalue weighted by atomic mass is 16.3. The van der Waals surface area contributed by atoms with Crippen LogP contribution in [0.2, 0.25) is 0 Å². The number of fused-ring (bicyclic) bond motifs is 1. The van der Waals surface area contributed by atoms with Gasteiger partial charge in [0.2, 0.25) is 11.6 Å². The summed E-state index contributed by atoms with van der Waals surface area (Å²) in [6, 6.07) is 6.48. The number of benzene rings is 1. The minimum Gasteiger partial charge on any atom is -0.507 e. The Morgan fingerprint density at radius 1 is 1.00 bits per heavy atom. The van der Waals surface area contributed by atoms with Gasteiger partial charge in [-0.05, 0) is 0 Å². The number of hydrogen-bond donors (Lipinski definition) is 3. The molecule has 1 aromatic rings. The van der Waals surface area contributed by atoms with Gasteiger partial charge >= 0.3 is 0 Å². The molecule has 1 aliphatic carbocycles. The van der Waals surface area contributed by atoms with Gasteiger partial charge in [0.25, 0.3) is 0 Å². The van der Waals surface area contributed by atoms with Gasteiger partial charge in [0.1, 0.15) is 5.76 Å². The lowest BCUT2D eigenvalue weighted by molar-refractivity contribution is -0.111. The van der Waals surface area contributed by atoms with E-state index >= 15 is 0 Å². The summed E-state index contributed by atoms with van der Waals surface area (Å²) in [4.78, 5) is 22.2. The maximum atomic E-state index is 11.3. The predicted octanol–water partition coefficient (Wildman–Crippen LogP) is 0.170. The fourth-order valence-electron chi connectivity index (χ4n) is 1.30. The van der Waals surface area contributed by atoms with Gasteiger partial charge in [0.15, 0.2) is 0 Å². The van der Waals surface area contributed by atoms with E-state index in [2.05, 4.69) is 11.7 Å². The molecule has 5 nitrogen and oxygen atoms in total. The van der Waals surface area contributed by atoms with Crippen LogP contribution < -0.4 is 11.7 Å². The first kappa shape index (κ1) is 11.1. The average molecular weight is 206 g/mol. The van der Waals surface area contributed by atoms with Crippen LogP contribution in [0.1, 0.15) is 15.9 Å². The summed E-state index contributed by atoms with van der Waals surface area (Å²) in [5.41, 5.74) is 0.694. The second kappa shape index (κ2) is 4.50. The van der Waals surface area contributed by atoms with E-state index < -0.39 is 11.6 Å². The van der Waals surface area contributed by atoms with Crippen molar-refractivity contribution in [1.82, 2.24) is 0 Å². The summed E-state index contributed by atoms with van der Waals surface area (Å²) >= 11 is 0. The quantitative estimate of drug-likeness (QED) is 0.318. The minimum atomic E-state index is -0.670. The smallest absolute Gasteiger partial charge is 0.233 e. The third kappa shape index (κ3) is 1.93. The van der Waals surface area contributed by atoms with E-state index in [1.807, 2.05) is 0 Å². The lowest BCUT2D eigenvalue weighted by atomic mass is 9.94. The molecule has 0 spiro atoms. The van der Waals surface area contributed by atoms with Gasteiger partial charge in [-0.25, -0.2) is 0 Å². The molecule has 0 heterocycles. The first-order valence-corrected chi connectivity index (χ1v) is 4.12. The van der Waals surface area contributed by atoms with Gasteiger partial charge in [-0.3, -0.25) is 21.3 Å². The molecular weight excluding hydrogens is 196 g/mol. The number of hydrazine groups is 1. The molecule has 0 saturated heterocycles. The van der Waals surface area contributed by atoms with Crippen LogP contribution in [0.15, 0.2) is 30.3 Å². The zero-order valence-corrected chi connectivity index (χ0v) is 7.81. The molecule has 1 aromatic carbocycles. The summed E-state index contributed by atoms with van der Waals surface area (Å²) in [5, 5.41) is 9.34. The average Bonchev–Trinajstić information content (AvgIpc) is 2.29. The van der Waals surface area contributed by atoms with E-state index in [0.29, 0.717) is 5.56 Å². The van der Waals surface area contributed by atoms with Crippen molar-refractivity contribution in [3.8, 4) is 0 Å². The van der Waals surface area contributed by atoms with E-state index in [0.717, 1.165) is 6.08 Å². The number of aliphatic hydroxyl groups is 1. The molecule has 2 rings (SSSR count). The van der Waals surface area contributed by atoms with Gasteiger partial charge in [-0.1, -0.05) is 24.3 Å². The zero-order valence-electron chi connectivity index (χ0n) is 7.81. The van der Waals surface area contributed by atoms with Gasteiger partial charge in [-0.2, -0.15) is 0 Å². The fourth-order valence-corrected chi connectivity index (χ4v) is 1.30. The second-order valence-corrected chi connectivity index (χ2v) is 2.77. The normalized spacial score (nSPS) is 13.6. The van der Waals surface area contributed by atoms with Crippen molar-refractivity contribution in [2.45, 2.75) is 0 Å². The van der Waals surface area contributed by atoms with E-state index in [1.165, 1.54) is 6.07 Å². The molecule has 0 radical (unpaired) electrons. The van der Waals surface area contributed by atoms with Crippen molar-refractivity contribution in [3.05, 3.63) is 41.5 Å². The SMILES string of the molecule is NN.O=C1C=C(O)c2ccccc2C1=O. The van der Waals surface area contributed by atoms with Gasteiger partial charge in [0, 0.05) is 17.2 Å². The molecule has 0 amide bonds. The number of rotatable bonds is 0.